The van der Waals surface area contributed by atoms with Gasteiger partial charge in [-0.15, -0.1) is 0 Å². The van der Waals surface area contributed by atoms with Crippen molar-refractivity contribution in [2.45, 2.75) is 37.5 Å². The molecule has 10 rings (SSSR count). The quantitative estimate of drug-likeness (QED) is 0.188. The number of fused-ring (bicyclic) bond motifs is 8. The number of para-hydroxylation sites is 1. The number of benzene rings is 6. The maximum Gasteiger partial charge on any atom is 0.167 e. The van der Waals surface area contributed by atoms with E-state index >= 15 is 0 Å². The molecule has 0 saturated heterocycles. The molecule has 1 fully saturated rings. The Balaban J connectivity index is 1.15. The van der Waals surface area contributed by atoms with Crippen LogP contribution in [0.25, 0.3) is 78.4 Å². The molecular weight excluding hydrogens is 625 g/mol. The van der Waals surface area contributed by atoms with Crippen LogP contribution in [-0.2, 0) is 5.41 Å². The van der Waals surface area contributed by atoms with Crippen molar-refractivity contribution in [3.05, 3.63) is 150 Å². The SMILES string of the molecule is N#Cc1cccc2c1C1(CCCCC1)c1cccc(-c3ccc4oc5c(-c6nc(-c7ccccc7)nc(-c7ccccc7)n6)cccc5c4c3)c1-2. The highest BCUT2D eigenvalue weighted by Crippen LogP contribution is 2.59. The fraction of sp³-hybridized carbons (Fsp3) is 0.130. The van der Waals surface area contributed by atoms with Crippen LogP contribution in [0.2, 0.25) is 0 Å². The molecule has 2 heterocycles. The fourth-order valence-corrected chi connectivity index (χ4v) is 8.73. The summed E-state index contributed by atoms with van der Waals surface area (Å²) in [6, 6.07) is 48.3. The lowest BCUT2D eigenvalue weighted by Crippen LogP contribution is -2.29. The maximum atomic E-state index is 10.3. The van der Waals surface area contributed by atoms with Gasteiger partial charge in [0.25, 0.3) is 0 Å². The van der Waals surface area contributed by atoms with Crippen molar-refractivity contribution in [3.63, 3.8) is 0 Å². The fourth-order valence-electron chi connectivity index (χ4n) is 8.73. The van der Waals surface area contributed by atoms with Crippen LogP contribution in [0.1, 0.15) is 48.8 Å². The first-order valence-corrected chi connectivity index (χ1v) is 17.7. The van der Waals surface area contributed by atoms with Crippen LogP contribution in [0, 0.1) is 11.3 Å². The molecule has 0 atom stereocenters. The van der Waals surface area contributed by atoms with E-state index in [-0.39, 0.29) is 5.41 Å². The minimum atomic E-state index is -0.103. The molecule has 2 aliphatic carbocycles. The molecule has 0 N–H and O–H groups in total. The average Bonchev–Trinajstić information content (AvgIpc) is 3.71. The van der Waals surface area contributed by atoms with Crippen LogP contribution in [0.15, 0.2) is 138 Å². The van der Waals surface area contributed by atoms with Crippen molar-refractivity contribution in [1.82, 2.24) is 15.0 Å². The molecule has 1 saturated carbocycles. The minimum Gasteiger partial charge on any atom is -0.455 e. The van der Waals surface area contributed by atoms with Gasteiger partial charge in [0, 0.05) is 27.3 Å². The summed E-state index contributed by atoms with van der Waals surface area (Å²) in [5.41, 5.74) is 12.3. The Kier molecular flexibility index (Phi) is 6.72. The number of aromatic nitrogens is 3. The van der Waals surface area contributed by atoms with E-state index in [1.54, 1.807) is 0 Å². The second kappa shape index (κ2) is 11.6. The van der Waals surface area contributed by atoms with E-state index in [1.807, 2.05) is 78.9 Å². The van der Waals surface area contributed by atoms with Gasteiger partial charge in [-0.2, -0.15) is 5.26 Å². The van der Waals surface area contributed by atoms with E-state index in [9.17, 15) is 5.26 Å². The van der Waals surface area contributed by atoms with E-state index in [2.05, 4.69) is 60.7 Å². The molecule has 6 aromatic carbocycles. The van der Waals surface area contributed by atoms with Crippen LogP contribution < -0.4 is 0 Å². The Bertz CT molecular complexity index is 2620. The summed E-state index contributed by atoms with van der Waals surface area (Å²) >= 11 is 0. The number of rotatable bonds is 4. The van der Waals surface area contributed by atoms with Gasteiger partial charge in [-0.05, 0) is 70.5 Å². The van der Waals surface area contributed by atoms with Gasteiger partial charge in [-0.25, -0.2) is 15.0 Å². The summed E-state index contributed by atoms with van der Waals surface area (Å²) in [5.74, 6) is 1.79. The molecule has 5 nitrogen and oxygen atoms in total. The number of hydrogen-bond donors (Lipinski definition) is 0. The van der Waals surface area contributed by atoms with Gasteiger partial charge < -0.3 is 4.42 Å². The summed E-state index contributed by atoms with van der Waals surface area (Å²) in [6.07, 6.45) is 5.77. The first-order valence-electron chi connectivity index (χ1n) is 17.7. The van der Waals surface area contributed by atoms with Crippen molar-refractivity contribution >= 4 is 21.9 Å². The van der Waals surface area contributed by atoms with E-state index in [0.29, 0.717) is 17.5 Å². The predicted octanol–water partition coefficient (Wildman–Crippen LogP) is 11.5. The highest BCUT2D eigenvalue weighted by atomic mass is 16.3. The predicted molar refractivity (Wildman–Crippen MR) is 203 cm³/mol. The third-order valence-electron chi connectivity index (χ3n) is 11.0. The number of nitriles is 1. The standard InChI is InChI=1S/C46H32N4O/c47-28-32-17-10-20-35-40-33(18-12-22-38(40)46(41(32)35)25-8-3-9-26-46)31-23-24-39-37(27-31)34-19-11-21-36(42(34)51-39)45-49-43(29-13-4-1-5-14-29)48-44(50-45)30-15-6-2-7-16-30/h1-2,4-7,10-24,27H,3,8-9,25-26H2. The second-order valence-corrected chi connectivity index (χ2v) is 13.7. The maximum absolute atomic E-state index is 10.3. The van der Waals surface area contributed by atoms with Crippen molar-refractivity contribution in [2.24, 2.45) is 0 Å². The number of furan rings is 1. The Hall–Kier alpha value is -6.38. The highest BCUT2D eigenvalue weighted by Gasteiger charge is 2.46. The number of hydrogen-bond acceptors (Lipinski definition) is 5. The van der Waals surface area contributed by atoms with Crippen LogP contribution >= 0.6 is 0 Å². The van der Waals surface area contributed by atoms with Crippen molar-refractivity contribution in [1.29, 1.82) is 5.26 Å². The Labute approximate surface area is 295 Å². The summed E-state index contributed by atoms with van der Waals surface area (Å²) in [5, 5.41) is 12.3. The number of nitrogens with zero attached hydrogens (tertiary/aromatic N) is 4. The lowest BCUT2D eigenvalue weighted by Gasteiger charge is -2.36. The molecular formula is C46H32N4O. The topological polar surface area (TPSA) is 75.6 Å². The van der Waals surface area contributed by atoms with Gasteiger partial charge in [0.15, 0.2) is 17.5 Å². The minimum absolute atomic E-state index is 0.103. The van der Waals surface area contributed by atoms with Crippen LogP contribution in [-0.4, -0.2) is 15.0 Å². The Morgan fingerprint density at radius 1 is 0.549 bits per heavy atom. The molecule has 0 unspecified atom stereocenters. The van der Waals surface area contributed by atoms with Crippen LogP contribution in [0.5, 0.6) is 0 Å². The van der Waals surface area contributed by atoms with Gasteiger partial charge in [0.1, 0.15) is 11.2 Å². The second-order valence-electron chi connectivity index (χ2n) is 13.7. The van der Waals surface area contributed by atoms with Crippen LogP contribution in [0.3, 0.4) is 0 Å². The van der Waals surface area contributed by atoms with E-state index < -0.39 is 0 Å². The van der Waals surface area contributed by atoms with E-state index in [4.69, 9.17) is 19.4 Å². The average molecular weight is 657 g/mol. The first-order chi connectivity index (χ1) is 25.2. The zero-order chi connectivity index (χ0) is 33.9. The molecule has 1 spiro atoms. The first kappa shape index (κ1) is 29.5. The Morgan fingerprint density at radius 3 is 1.92 bits per heavy atom. The molecule has 0 radical (unpaired) electrons. The van der Waals surface area contributed by atoms with Gasteiger partial charge >= 0.3 is 0 Å². The molecule has 0 bridgehead atoms. The normalized spacial score (nSPS) is 14.4. The molecule has 2 aliphatic rings. The van der Waals surface area contributed by atoms with Gasteiger partial charge in [0.05, 0.1) is 17.2 Å². The molecule has 8 aromatic rings. The van der Waals surface area contributed by atoms with Gasteiger partial charge in [-0.1, -0.05) is 128 Å². The van der Waals surface area contributed by atoms with Gasteiger partial charge in [-0.3, -0.25) is 0 Å². The summed E-state index contributed by atoms with van der Waals surface area (Å²) in [4.78, 5) is 14.9. The molecule has 0 amide bonds. The van der Waals surface area contributed by atoms with Crippen LogP contribution in [0.4, 0.5) is 0 Å². The van der Waals surface area contributed by atoms with Crippen molar-refractivity contribution in [3.8, 4) is 62.5 Å². The monoisotopic (exact) mass is 656 g/mol. The lowest BCUT2D eigenvalue weighted by atomic mass is 9.66. The molecule has 5 heteroatoms. The van der Waals surface area contributed by atoms with Crippen molar-refractivity contribution < 1.29 is 4.42 Å². The summed E-state index contributed by atoms with van der Waals surface area (Å²) in [7, 11) is 0. The highest BCUT2D eigenvalue weighted by molar-refractivity contribution is 6.10. The molecule has 51 heavy (non-hydrogen) atoms. The molecule has 0 aliphatic heterocycles. The largest absolute Gasteiger partial charge is 0.455 e. The zero-order valence-corrected chi connectivity index (χ0v) is 27.9. The van der Waals surface area contributed by atoms with Gasteiger partial charge in [0.2, 0.25) is 0 Å². The molecule has 242 valence electrons. The third-order valence-corrected chi connectivity index (χ3v) is 11.0. The Morgan fingerprint density at radius 2 is 1.20 bits per heavy atom. The summed E-state index contributed by atoms with van der Waals surface area (Å²) in [6.45, 7) is 0. The molecule has 2 aromatic heterocycles. The van der Waals surface area contributed by atoms with E-state index in [0.717, 1.165) is 62.6 Å². The summed E-state index contributed by atoms with van der Waals surface area (Å²) < 4.78 is 6.65. The van der Waals surface area contributed by atoms with Crippen molar-refractivity contribution in [2.75, 3.05) is 0 Å². The smallest absolute Gasteiger partial charge is 0.167 e. The zero-order valence-electron chi connectivity index (χ0n) is 27.9. The third kappa shape index (κ3) is 4.57. The van der Waals surface area contributed by atoms with E-state index in [1.165, 1.54) is 47.1 Å². The lowest BCUT2D eigenvalue weighted by molar-refractivity contribution is 0.352.